The summed E-state index contributed by atoms with van der Waals surface area (Å²) in [5, 5.41) is 5.21. The third-order valence-electron chi connectivity index (χ3n) is 8.08. The third kappa shape index (κ3) is 4.00. The molecule has 4 aliphatic rings. The van der Waals surface area contributed by atoms with Crippen molar-refractivity contribution in [2.45, 2.75) is 56.7 Å². The first-order chi connectivity index (χ1) is 17.9. The number of benzene rings is 1. The van der Waals surface area contributed by atoms with Gasteiger partial charge in [0.05, 0.1) is 0 Å². The molecular formula is C27H29N5O5. The highest BCUT2D eigenvalue weighted by Gasteiger charge is 2.58. The lowest BCUT2D eigenvalue weighted by molar-refractivity contribution is -0.143. The van der Waals surface area contributed by atoms with E-state index < -0.39 is 17.6 Å². The number of nitrogens with zero attached hydrogens (tertiary/aromatic N) is 3. The van der Waals surface area contributed by atoms with Gasteiger partial charge in [-0.25, -0.2) is 14.5 Å². The Morgan fingerprint density at radius 1 is 1.11 bits per heavy atom. The summed E-state index contributed by atoms with van der Waals surface area (Å²) >= 11 is 0. The van der Waals surface area contributed by atoms with E-state index in [1.165, 1.54) is 7.05 Å². The van der Waals surface area contributed by atoms with Crippen LogP contribution in [0.2, 0.25) is 0 Å². The van der Waals surface area contributed by atoms with Gasteiger partial charge in [0.2, 0.25) is 11.5 Å². The van der Waals surface area contributed by atoms with Crippen LogP contribution in [0.1, 0.15) is 47.9 Å². The van der Waals surface area contributed by atoms with Crippen molar-refractivity contribution in [3.05, 3.63) is 58.9 Å². The van der Waals surface area contributed by atoms with E-state index >= 15 is 0 Å². The average molecular weight is 504 g/mol. The smallest absolute Gasteiger partial charge is 0.418 e. The maximum absolute atomic E-state index is 13.6. The number of carbonyl (C=O) groups excluding carboxylic acids is 4. The van der Waals surface area contributed by atoms with Gasteiger partial charge in [0.15, 0.2) is 0 Å². The number of nitrogens with one attached hydrogen (secondary N) is 2. The lowest BCUT2D eigenvalue weighted by Gasteiger charge is -2.31. The lowest BCUT2D eigenvalue weighted by Crippen LogP contribution is -2.48. The van der Waals surface area contributed by atoms with E-state index in [1.807, 2.05) is 17.2 Å². The Bertz CT molecular complexity index is 1310. The van der Waals surface area contributed by atoms with Crippen molar-refractivity contribution in [3.8, 4) is 0 Å². The summed E-state index contributed by atoms with van der Waals surface area (Å²) in [6, 6.07) is 6.86. The Labute approximate surface area is 214 Å². The highest BCUT2D eigenvalue weighted by atomic mass is 16.6. The standard InChI is InChI=1S/C27H29N5O5/c1-28-25(35)30-20-5-6-21-17(12-20)8-10-27(21)24(34)32(26(36)37-27)15-23(33)31-14-19-9-11-29-13-18(19)4-7-22(31)16-2-3-16/h5-6,9,11-13,16,22H,2-4,7-8,10,14-15H2,1H3,(H2,28,30,35)/t22-,27+/m1/s1. The largest absolute Gasteiger partial charge is 0.427 e. The molecule has 1 saturated heterocycles. The Balaban J connectivity index is 1.23. The molecule has 2 aromatic rings. The molecule has 0 radical (unpaired) electrons. The summed E-state index contributed by atoms with van der Waals surface area (Å²) in [7, 11) is 1.53. The zero-order chi connectivity index (χ0) is 25.7. The second-order valence-corrected chi connectivity index (χ2v) is 10.3. The maximum Gasteiger partial charge on any atom is 0.418 e. The SMILES string of the molecule is CNC(=O)Nc1ccc2c(c1)CC[C@]21OC(=O)N(CC(=O)N2Cc3ccncc3CC[C@@H]2C2CC2)C1=O. The number of ether oxygens (including phenoxy) is 1. The van der Waals surface area contributed by atoms with Crippen LogP contribution in [0.25, 0.3) is 0 Å². The van der Waals surface area contributed by atoms with Gasteiger partial charge in [-0.3, -0.25) is 14.6 Å². The molecule has 1 aromatic heterocycles. The average Bonchev–Trinajstić information content (AvgIpc) is 3.66. The number of imide groups is 1. The minimum atomic E-state index is -1.43. The van der Waals surface area contributed by atoms with E-state index in [4.69, 9.17) is 4.74 Å². The molecule has 5 amide bonds. The number of carbonyl (C=O) groups is 4. The number of urea groups is 1. The van der Waals surface area contributed by atoms with Crippen LogP contribution in [-0.4, -0.2) is 58.4 Å². The predicted molar refractivity (Wildman–Crippen MR) is 132 cm³/mol. The molecule has 0 unspecified atom stereocenters. The van der Waals surface area contributed by atoms with Crippen molar-refractivity contribution in [2.75, 3.05) is 18.9 Å². The van der Waals surface area contributed by atoms with Gasteiger partial charge in [0.1, 0.15) is 6.54 Å². The van der Waals surface area contributed by atoms with Crippen molar-refractivity contribution in [2.24, 2.45) is 5.92 Å². The number of hydrogen-bond acceptors (Lipinski definition) is 6. The van der Waals surface area contributed by atoms with Crippen molar-refractivity contribution in [1.82, 2.24) is 20.1 Å². The predicted octanol–water partition coefficient (Wildman–Crippen LogP) is 2.71. The fourth-order valence-corrected chi connectivity index (χ4v) is 5.99. The number of rotatable bonds is 4. The van der Waals surface area contributed by atoms with Crippen molar-refractivity contribution in [1.29, 1.82) is 0 Å². The first-order valence-electron chi connectivity index (χ1n) is 12.8. The molecule has 10 nitrogen and oxygen atoms in total. The van der Waals surface area contributed by atoms with Gasteiger partial charge >= 0.3 is 12.1 Å². The maximum atomic E-state index is 13.6. The highest BCUT2D eigenvalue weighted by molar-refractivity contribution is 6.06. The number of pyridine rings is 1. The second kappa shape index (κ2) is 8.86. The normalized spacial score (nSPS) is 24.4. The Hall–Kier alpha value is -3.95. The molecule has 2 fully saturated rings. The molecule has 0 bridgehead atoms. The minimum Gasteiger partial charge on any atom is -0.427 e. The number of amides is 5. The van der Waals surface area contributed by atoms with Crippen LogP contribution in [-0.2, 0) is 39.3 Å². The van der Waals surface area contributed by atoms with Crippen LogP contribution in [0.5, 0.6) is 0 Å². The Morgan fingerprint density at radius 2 is 1.95 bits per heavy atom. The zero-order valence-corrected chi connectivity index (χ0v) is 20.7. The minimum absolute atomic E-state index is 0.0843. The quantitative estimate of drug-likeness (QED) is 0.662. The van der Waals surface area contributed by atoms with E-state index in [9.17, 15) is 19.2 Å². The van der Waals surface area contributed by atoms with E-state index in [-0.39, 0.29) is 24.5 Å². The molecule has 6 rings (SSSR count). The monoisotopic (exact) mass is 503 g/mol. The topological polar surface area (TPSA) is 121 Å². The van der Waals surface area contributed by atoms with Gasteiger partial charge in [0.25, 0.3) is 5.91 Å². The summed E-state index contributed by atoms with van der Waals surface area (Å²) in [6.07, 6.45) is 7.50. The first-order valence-corrected chi connectivity index (χ1v) is 12.8. The molecule has 192 valence electrons. The summed E-state index contributed by atoms with van der Waals surface area (Å²) in [5.41, 5.74) is 2.80. The van der Waals surface area contributed by atoms with E-state index in [2.05, 4.69) is 15.6 Å². The van der Waals surface area contributed by atoms with Crippen LogP contribution < -0.4 is 10.6 Å². The van der Waals surface area contributed by atoms with Crippen LogP contribution in [0.3, 0.4) is 0 Å². The Kier molecular flexibility index (Phi) is 5.62. The summed E-state index contributed by atoms with van der Waals surface area (Å²) < 4.78 is 5.72. The van der Waals surface area contributed by atoms with Crippen LogP contribution in [0.4, 0.5) is 15.3 Å². The number of fused-ring (bicyclic) bond motifs is 3. The lowest BCUT2D eigenvalue weighted by atomic mass is 9.94. The van der Waals surface area contributed by atoms with E-state index in [1.54, 1.807) is 24.4 Å². The molecule has 1 saturated carbocycles. The van der Waals surface area contributed by atoms with Crippen molar-refractivity contribution >= 4 is 29.6 Å². The molecule has 1 aromatic carbocycles. The van der Waals surface area contributed by atoms with E-state index in [0.717, 1.165) is 47.3 Å². The van der Waals surface area contributed by atoms with Gasteiger partial charge in [-0.15, -0.1) is 0 Å². The van der Waals surface area contributed by atoms with Crippen molar-refractivity contribution in [3.63, 3.8) is 0 Å². The molecular weight excluding hydrogens is 474 g/mol. The highest BCUT2D eigenvalue weighted by Crippen LogP contribution is 2.46. The second-order valence-electron chi connectivity index (χ2n) is 10.3. The molecule has 10 heteroatoms. The van der Waals surface area contributed by atoms with Gasteiger partial charge < -0.3 is 20.3 Å². The summed E-state index contributed by atoms with van der Waals surface area (Å²) in [4.78, 5) is 59.0. The fraction of sp³-hybridized carbons (Fsp3) is 0.444. The number of aryl methyl sites for hydroxylation is 2. The van der Waals surface area contributed by atoms with Gasteiger partial charge in [0, 0.05) is 49.7 Å². The summed E-state index contributed by atoms with van der Waals surface area (Å²) in [5.74, 6) is -0.288. The summed E-state index contributed by atoms with van der Waals surface area (Å²) in [6.45, 7) is 0.110. The van der Waals surface area contributed by atoms with Crippen LogP contribution >= 0.6 is 0 Å². The van der Waals surface area contributed by atoms with Crippen LogP contribution in [0, 0.1) is 5.92 Å². The zero-order valence-electron chi connectivity index (χ0n) is 20.7. The molecule has 2 aliphatic heterocycles. The Morgan fingerprint density at radius 3 is 2.73 bits per heavy atom. The first kappa shape index (κ1) is 23.4. The van der Waals surface area contributed by atoms with Crippen LogP contribution in [0.15, 0.2) is 36.7 Å². The fourth-order valence-electron chi connectivity index (χ4n) is 5.99. The van der Waals surface area contributed by atoms with Crippen molar-refractivity contribution < 1.29 is 23.9 Å². The van der Waals surface area contributed by atoms with E-state index in [0.29, 0.717) is 36.6 Å². The molecule has 3 heterocycles. The molecule has 1 spiro atoms. The molecule has 2 N–H and O–H groups in total. The third-order valence-corrected chi connectivity index (χ3v) is 8.08. The number of aromatic nitrogens is 1. The van der Waals surface area contributed by atoms with Gasteiger partial charge in [-0.1, -0.05) is 6.07 Å². The number of anilines is 1. The van der Waals surface area contributed by atoms with Gasteiger partial charge in [-0.2, -0.15) is 0 Å². The molecule has 2 aliphatic carbocycles. The molecule has 37 heavy (non-hydrogen) atoms. The number of hydrogen-bond donors (Lipinski definition) is 2. The molecule has 2 atom stereocenters. The van der Waals surface area contributed by atoms with Gasteiger partial charge in [-0.05, 0) is 72.9 Å².